The second kappa shape index (κ2) is 19.7. The summed E-state index contributed by atoms with van der Waals surface area (Å²) in [5.74, 6) is -6.12. The van der Waals surface area contributed by atoms with Gasteiger partial charge in [-0.1, -0.05) is 61.5 Å². The molecule has 0 bridgehead atoms. The van der Waals surface area contributed by atoms with Crippen molar-refractivity contribution < 1.29 is 62.9 Å². The fourth-order valence-corrected chi connectivity index (χ4v) is 11.8. The van der Waals surface area contributed by atoms with Crippen LogP contribution in [-0.4, -0.2) is 118 Å². The van der Waals surface area contributed by atoms with Gasteiger partial charge in [-0.3, -0.25) is 9.59 Å². The first-order chi connectivity index (χ1) is 29.3. The first kappa shape index (κ1) is 49.3. The molecule has 1 amide bonds. The molecule has 0 aromatic rings. The van der Waals surface area contributed by atoms with Gasteiger partial charge < -0.3 is 53.8 Å². The number of aliphatic hydroxyl groups excluding tert-OH is 1. The van der Waals surface area contributed by atoms with E-state index in [4.69, 9.17) is 33.2 Å². The molecule has 1 unspecified atom stereocenters. The van der Waals surface area contributed by atoms with Crippen molar-refractivity contribution >= 4 is 17.8 Å². The van der Waals surface area contributed by atoms with Crippen LogP contribution in [0.3, 0.4) is 0 Å². The van der Waals surface area contributed by atoms with Crippen LogP contribution in [0.15, 0.2) is 12.2 Å². The Bertz CT molecular complexity index is 1590. The van der Waals surface area contributed by atoms with E-state index in [1.165, 1.54) is 0 Å². The maximum atomic E-state index is 14.7. The van der Waals surface area contributed by atoms with E-state index in [-0.39, 0.29) is 35.7 Å². The maximum absolute atomic E-state index is 14.7. The van der Waals surface area contributed by atoms with Crippen LogP contribution in [0.5, 0.6) is 0 Å². The molecule has 5 saturated heterocycles. The summed E-state index contributed by atoms with van der Waals surface area (Å²) >= 11 is 0. The van der Waals surface area contributed by atoms with Gasteiger partial charge in [0, 0.05) is 42.9 Å². The second-order valence-corrected chi connectivity index (χ2v) is 20.3. The summed E-state index contributed by atoms with van der Waals surface area (Å²) in [7, 11) is 0. The molecule has 354 valence electrons. The summed E-state index contributed by atoms with van der Waals surface area (Å²) < 4.78 is 45.9. The fourth-order valence-electron chi connectivity index (χ4n) is 11.8. The van der Waals surface area contributed by atoms with Crippen molar-refractivity contribution in [3.05, 3.63) is 12.2 Å². The highest BCUT2D eigenvalue weighted by Gasteiger charge is 2.63. The summed E-state index contributed by atoms with van der Waals surface area (Å²) in [6.45, 7) is 20.7. The third-order valence-corrected chi connectivity index (χ3v) is 16.2. The number of amides is 1. The standard InChI is InChI=1S/C48H79NO13/c1-11-34(43(52)53)36-15-14-27(4)41(59-36)31(8)39(50)30(7)40(51)35(12-2)42-28(5)26-29(6)47(60-42)21-16-37(49-44(54)58-33-18-24-56-25-19-33)48(62-47)23-22-45(10,61-48)38-17-20-46(55,13-3)32(9)57-38/h16,21,27-39,41-42,50,55H,11-15,17-20,22-26H2,1-10H3,(H,49,54)(H,52,53)/t27-,28-,29+,30-,31-,32-,34?,35-,36+,37+,38+,39+,41+,42-,45-,46+,47-,48-/m0/s1. The number of Topliss-reactive ketones (excluding diaryl/α,β-unsaturated/α-hetero) is 1. The quantitative estimate of drug-likeness (QED) is 0.130. The van der Waals surface area contributed by atoms with E-state index < -0.39 is 95.1 Å². The molecule has 62 heavy (non-hydrogen) atoms. The summed E-state index contributed by atoms with van der Waals surface area (Å²) in [4.78, 5) is 40.3. The predicted octanol–water partition coefficient (Wildman–Crippen LogP) is 7.10. The number of carbonyl (C=O) groups is 3. The average molecular weight is 878 g/mol. The summed E-state index contributed by atoms with van der Waals surface area (Å²) in [5, 5.41) is 36.0. The number of ketones is 1. The lowest BCUT2D eigenvalue weighted by Gasteiger charge is -2.55. The van der Waals surface area contributed by atoms with Gasteiger partial charge in [0.2, 0.25) is 0 Å². The summed E-state index contributed by atoms with van der Waals surface area (Å²) in [6.07, 6.45) is 6.75. The molecule has 0 saturated carbocycles. The van der Waals surface area contributed by atoms with Gasteiger partial charge in [0.15, 0.2) is 11.6 Å². The van der Waals surface area contributed by atoms with E-state index in [9.17, 15) is 29.7 Å². The first-order valence-electron chi connectivity index (χ1n) is 24.1. The van der Waals surface area contributed by atoms with Crippen LogP contribution in [0.4, 0.5) is 4.79 Å². The molecule has 0 aromatic heterocycles. The Morgan fingerprint density at radius 2 is 1.56 bits per heavy atom. The second-order valence-electron chi connectivity index (χ2n) is 20.3. The van der Waals surface area contributed by atoms with Gasteiger partial charge in [-0.25, -0.2) is 4.79 Å². The lowest BCUT2D eigenvalue weighted by atomic mass is 9.72. The highest BCUT2D eigenvalue weighted by atomic mass is 16.8. The molecular formula is C48H79NO13. The van der Waals surface area contributed by atoms with E-state index in [0.717, 1.165) is 6.42 Å². The van der Waals surface area contributed by atoms with Gasteiger partial charge in [0.25, 0.3) is 0 Å². The van der Waals surface area contributed by atoms with Gasteiger partial charge >= 0.3 is 12.1 Å². The summed E-state index contributed by atoms with van der Waals surface area (Å²) in [6, 6.07) is -0.739. The van der Waals surface area contributed by atoms with E-state index in [1.54, 1.807) is 6.92 Å². The highest BCUT2D eigenvalue weighted by molar-refractivity contribution is 5.84. The number of nitrogens with one attached hydrogen (secondary N) is 1. The van der Waals surface area contributed by atoms with Crippen molar-refractivity contribution in [1.29, 1.82) is 0 Å². The molecule has 14 nitrogen and oxygen atoms in total. The number of hydrogen-bond acceptors (Lipinski definition) is 12. The number of rotatable bonds is 14. The number of carboxylic acid groups (broad SMARTS) is 1. The molecule has 18 atom stereocenters. The van der Waals surface area contributed by atoms with Gasteiger partial charge in [0.1, 0.15) is 17.9 Å². The number of aliphatic hydroxyl groups is 2. The largest absolute Gasteiger partial charge is 0.481 e. The minimum Gasteiger partial charge on any atom is -0.481 e. The van der Waals surface area contributed by atoms with Crippen LogP contribution in [0.25, 0.3) is 0 Å². The number of alkyl carbamates (subject to hydrolysis) is 1. The number of ether oxygens (including phenoxy) is 7. The van der Waals surface area contributed by atoms with Crippen molar-refractivity contribution in [3.8, 4) is 0 Å². The molecule has 0 aliphatic carbocycles. The topological polar surface area (TPSA) is 189 Å². The minimum absolute atomic E-state index is 0.0294. The van der Waals surface area contributed by atoms with E-state index in [1.807, 2.05) is 53.7 Å². The molecule has 5 fully saturated rings. The van der Waals surface area contributed by atoms with Gasteiger partial charge in [-0.15, -0.1) is 0 Å². The first-order valence-corrected chi connectivity index (χ1v) is 24.1. The number of hydrogen-bond donors (Lipinski definition) is 4. The van der Waals surface area contributed by atoms with Crippen LogP contribution in [0.2, 0.25) is 0 Å². The fraction of sp³-hybridized carbons (Fsp3) is 0.896. The smallest absolute Gasteiger partial charge is 0.408 e. The zero-order chi connectivity index (χ0) is 45.4. The van der Waals surface area contributed by atoms with E-state index in [0.29, 0.717) is 83.8 Å². The van der Waals surface area contributed by atoms with Gasteiger partial charge in [-0.2, -0.15) is 0 Å². The molecule has 14 heteroatoms. The van der Waals surface area contributed by atoms with Crippen LogP contribution < -0.4 is 5.32 Å². The zero-order valence-electron chi connectivity index (χ0n) is 39.1. The van der Waals surface area contributed by atoms with E-state index >= 15 is 0 Å². The van der Waals surface area contributed by atoms with Crippen LogP contribution in [0, 0.1) is 41.4 Å². The predicted molar refractivity (Wildman–Crippen MR) is 230 cm³/mol. The monoisotopic (exact) mass is 878 g/mol. The van der Waals surface area contributed by atoms with Crippen LogP contribution >= 0.6 is 0 Å². The Hall–Kier alpha value is -2.17. The van der Waals surface area contributed by atoms with Crippen molar-refractivity contribution in [1.82, 2.24) is 5.32 Å². The maximum Gasteiger partial charge on any atom is 0.408 e. The lowest BCUT2D eigenvalue weighted by Crippen LogP contribution is -2.66. The Morgan fingerprint density at radius 1 is 0.871 bits per heavy atom. The zero-order valence-corrected chi connectivity index (χ0v) is 39.1. The van der Waals surface area contributed by atoms with Crippen molar-refractivity contribution in [2.75, 3.05) is 13.2 Å². The molecule has 4 N–H and O–H groups in total. The van der Waals surface area contributed by atoms with Crippen LogP contribution in [-0.2, 0) is 42.7 Å². The number of carboxylic acids is 1. The molecular weight excluding hydrogens is 799 g/mol. The van der Waals surface area contributed by atoms with Gasteiger partial charge in [0.05, 0.1) is 67.0 Å². The van der Waals surface area contributed by atoms with E-state index in [2.05, 4.69) is 26.1 Å². The Morgan fingerprint density at radius 3 is 2.19 bits per heavy atom. The Labute approximate surface area is 369 Å². The lowest BCUT2D eigenvalue weighted by molar-refractivity contribution is -0.398. The third kappa shape index (κ3) is 9.83. The summed E-state index contributed by atoms with van der Waals surface area (Å²) in [5.41, 5.74) is -1.74. The molecule has 6 aliphatic rings. The third-order valence-electron chi connectivity index (χ3n) is 16.2. The average Bonchev–Trinajstić information content (AvgIpc) is 3.59. The molecule has 6 rings (SSSR count). The Kier molecular flexibility index (Phi) is 15.7. The normalized spacial score (nSPS) is 42.8. The number of aliphatic carboxylic acids is 1. The minimum atomic E-state index is -1.38. The van der Waals surface area contributed by atoms with Crippen LogP contribution in [0.1, 0.15) is 146 Å². The number of carbonyl (C=O) groups excluding carboxylic acids is 2. The molecule has 2 spiro atoms. The molecule has 0 radical (unpaired) electrons. The molecule has 6 aliphatic heterocycles. The molecule has 6 heterocycles. The van der Waals surface area contributed by atoms with Crippen molar-refractivity contribution in [2.45, 2.75) is 218 Å². The highest BCUT2D eigenvalue weighted by Crippen LogP contribution is 2.54. The van der Waals surface area contributed by atoms with Crippen molar-refractivity contribution in [3.63, 3.8) is 0 Å². The van der Waals surface area contributed by atoms with Crippen molar-refractivity contribution in [2.24, 2.45) is 41.4 Å². The molecule has 0 aromatic carbocycles. The Balaban J connectivity index is 1.23. The van der Waals surface area contributed by atoms with Gasteiger partial charge in [-0.05, 0) is 89.5 Å². The SMILES string of the molecule is CCC(C(=O)O)[C@H]1CC[C@H](C)[C@H]([C@@H](C)[C@H](O)[C@H](C)C(=O)[C@H](CC)[C@H]2O[C@]3(C=C[C@@H](NC(=O)OC4CCOCC4)[C@]4(CC[C@@](C)([C@H]5CC[C@](O)(CC)[C@H](C)O5)O4)O3)[C@H](C)C[C@@H]2C)O1.